The highest BCUT2D eigenvalue weighted by molar-refractivity contribution is 6.34. The van der Waals surface area contributed by atoms with Gasteiger partial charge in [-0.25, -0.2) is 9.78 Å². The molecule has 178 valence electrons. The second-order valence-corrected chi connectivity index (χ2v) is 8.43. The maximum Gasteiger partial charge on any atom is 0.411 e. The second-order valence-electron chi connectivity index (χ2n) is 8.05. The molecule has 0 bridgehead atoms. The molecule has 1 aliphatic rings. The van der Waals surface area contributed by atoms with Crippen LogP contribution in [0, 0.1) is 11.3 Å². The Morgan fingerprint density at radius 2 is 2.12 bits per heavy atom. The van der Waals surface area contributed by atoms with Gasteiger partial charge >= 0.3 is 6.09 Å². The molecule has 34 heavy (non-hydrogen) atoms. The second kappa shape index (κ2) is 10.1. The summed E-state index contributed by atoms with van der Waals surface area (Å²) in [4.78, 5) is 23.0. The van der Waals surface area contributed by atoms with Gasteiger partial charge in [-0.15, -0.1) is 5.10 Å². The number of anilines is 4. The third kappa shape index (κ3) is 4.83. The maximum absolute atomic E-state index is 11.9. The summed E-state index contributed by atoms with van der Waals surface area (Å²) in [6, 6.07) is 5.67. The van der Waals surface area contributed by atoms with E-state index >= 15 is 0 Å². The van der Waals surface area contributed by atoms with Crippen LogP contribution in [-0.2, 0) is 4.74 Å². The quantitative estimate of drug-likeness (QED) is 0.478. The first-order valence-electron chi connectivity index (χ1n) is 11.0. The predicted molar refractivity (Wildman–Crippen MR) is 130 cm³/mol. The summed E-state index contributed by atoms with van der Waals surface area (Å²) in [6.07, 6.45) is 2.77. The lowest BCUT2D eigenvalue weighted by molar-refractivity contribution is 0.187. The predicted octanol–water partition coefficient (Wildman–Crippen LogP) is 3.81. The first kappa shape index (κ1) is 23.5. The standard InChI is InChI=1S/C22H26ClN9O2/c1-4-25-19-20-26-12-15(11-24)32(20)30-21(29-19)28-17-10-14(27-22(33)34-3)9-16(18(17)23)13-5-7-31(2)8-6-13/h9-10,12-13H,4-8H2,1-3H3,(H,27,33)(H2,25,28,29,30). The Balaban J connectivity index is 1.76. The highest BCUT2D eigenvalue weighted by atomic mass is 35.5. The van der Waals surface area contributed by atoms with Crippen molar-refractivity contribution in [2.75, 3.05) is 49.7 Å². The molecule has 12 heteroatoms. The van der Waals surface area contributed by atoms with E-state index < -0.39 is 6.09 Å². The molecule has 1 aromatic carbocycles. The zero-order valence-electron chi connectivity index (χ0n) is 19.2. The smallest absolute Gasteiger partial charge is 0.411 e. The van der Waals surface area contributed by atoms with Gasteiger partial charge < -0.3 is 20.3 Å². The SMILES string of the molecule is CCNc1nc(Nc2cc(NC(=O)OC)cc(C3CCN(C)CC3)c2Cl)nn2c(C#N)cnc12. The van der Waals surface area contributed by atoms with E-state index in [2.05, 4.69) is 49.0 Å². The first-order chi connectivity index (χ1) is 16.4. The highest BCUT2D eigenvalue weighted by Crippen LogP contribution is 2.39. The Kier molecular flexibility index (Phi) is 7.00. The zero-order valence-corrected chi connectivity index (χ0v) is 20.0. The molecule has 1 amide bonds. The Morgan fingerprint density at radius 3 is 2.79 bits per heavy atom. The van der Waals surface area contributed by atoms with Gasteiger partial charge in [0.1, 0.15) is 6.07 Å². The molecule has 1 aliphatic heterocycles. The van der Waals surface area contributed by atoms with Crippen LogP contribution in [0.25, 0.3) is 5.65 Å². The van der Waals surface area contributed by atoms with E-state index in [1.807, 2.05) is 13.0 Å². The molecule has 0 aliphatic carbocycles. The maximum atomic E-state index is 11.9. The third-order valence-corrected chi connectivity index (χ3v) is 6.18. The average Bonchev–Trinajstić information content (AvgIpc) is 3.25. The number of nitriles is 1. The Hall–Kier alpha value is -3.62. The summed E-state index contributed by atoms with van der Waals surface area (Å²) in [5.41, 5.74) is 2.73. The monoisotopic (exact) mass is 483 g/mol. The zero-order chi connectivity index (χ0) is 24.2. The minimum Gasteiger partial charge on any atom is -0.453 e. The molecular weight excluding hydrogens is 458 g/mol. The van der Waals surface area contributed by atoms with Gasteiger partial charge in [-0.05, 0) is 63.5 Å². The summed E-state index contributed by atoms with van der Waals surface area (Å²) in [5.74, 6) is 0.949. The van der Waals surface area contributed by atoms with Crippen LogP contribution in [0.15, 0.2) is 18.3 Å². The number of carbonyl (C=O) groups is 1. The van der Waals surface area contributed by atoms with Crippen LogP contribution in [0.3, 0.4) is 0 Å². The van der Waals surface area contributed by atoms with E-state index in [4.69, 9.17) is 16.3 Å². The Labute approximate surface area is 202 Å². The Bertz CT molecular complexity index is 1250. The number of ether oxygens (including phenoxy) is 1. The first-order valence-corrected chi connectivity index (χ1v) is 11.3. The molecule has 0 atom stereocenters. The number of imidazole rings is 1. The van der Waals surface area contributed by atoms with Crippen LogP contribution in [0.1, 0.15) is 36.9 Å². The number of piperidine rings is 1. The van der Waals surface area contributed by atoms with Crippen LogP contribution in [0.5, 0.6) is 0 Å². The average molecular weight is 484 g/mol. The van der Waals surface area contributed by atoms with E-state index in [0.29, 0.717) is 34.4 Å². The molecule has 4 rings (SSSR count). The largest absolute Gasteiger partial charge is 0.453 e. The number of hydrogen-bond donors (Lipinski definition) is 3. The van der Waals surface area contributed by atoms with Crippen LogP contribution >= 0.6 is 11.6 Å². The number of aromatic nitrogens is 4. The molecule has 3 N–H and O–H groups in total. The van der Waals surface area contributed by atoms with E-state index in [1.165, 1.54) is 17.8 Å². The molecule has 0 spiro atoms. The minimum absolute atomic E-state index is 0.226. The number of benzene rings is 1. The molecular formula is C22H26ClN9O2. The van der Waals surface area contributed by atoms with E-state index in [9.17, 15) is 10.1 Å². The number of likely N-dealkylation sites (tertiary alicyclic amines) is 1. The van der Waals surface area contributed by atoms with Crippen molar-refractivity contribution in [3.05, 3.63) is 34.6 Å². The van der Waals surface area contributed by atoms with Crippen molar-refractivity contribution in [2.24, 2.45) is 0 Å². The molecule has 0 saturated carbocycles. The number of nitrogens with zero attached hydrogens (tertiary/aromatic N) is 6. The highest BCUT2D eigenvalue weighted by Gasteiger charge is 2.24. The van der Waals surface area contributed by atoms with Crippen LogP contribution in [-0.4, -0.2) is 64.4 Å². The van der Waals surface area contributed by atoms with Crippen molar-refractivity contribution in [3.63, 3.8) is 0 Å². The molecule has 0 radical (unpaired) electrons. The number of hydrogen-bond acceptors (Lipinski definition) is 9. The van der Waals surface area contributed by atoms with Gasteiger partial charge in [-0.3, -0.25) is 5.32 Å². The summed E-state index contributed by atoms with van der Waals surface area (Å²) >= 11 is 6.86. The van der Waals surface area contributed by atoms with Gasteiger partial charge in [0.05, 0.1) is 24.0 Å². The third-order valence-electron chi connectivity index (χ3n) is 5.76. The molecule has 3 aromatic rings. The summed E-state index contributed by atoms with van der Waals surface area (Å²) < 4.78 is 6.19. The number of nitrogens with one attached hydrogen (secondary N) is 3. The van der Waals surface area contributed by atoms with Gasteiger partial charge in [0.25, 0.3) is 0 Å². The lowest BCUT2D eigenvalue weighted by Crippen LogP contribution is -2.29. The fourth-order valence-electron chi connectivity index (χ4n) is 4.01. The van der Waals surface area contributed by atoms with Crippen LogP contribution in [0.4, 0.5) is 27.9 Å². The molecule has 0 unspecified atom stereocenters. The number of rotatable bonds is 6. The van der Waals surface area contributed by atoms with Crippen LogP contribution in [0.2, 0.25) is 5.02 Å². The van der Waals surface area contributed by atoms with E-state index in [1.54, 1.807) is 6.07 Å². The molecule has 1 fully saturated rings. The summed E-state index contributed by atoms with van der Waals surface area (Å²) in [7, 11) is 3.41. The molecule has 1 saturated heterocycles. The van der Waals surface area contributed by atoms with Crippen molar-refractivity contribution in [3.8, 4) is 6.07 Å². The van der Waals surface area contributed by atoms with Gasteiger partial charge in [-0.2, -0.15) is 14.8 Å². The number of methoxy groups -OCH3 is 1. The fraction of sp³-hybridized carbons (Fsp3) is 0.409. The van der Waals surface area contributed by atoms with Crippen molar-refractivity contribution in [1.82, 2.24) is 24.5 Å². The number of carbonyl (C=O) groups excluding carboxylic acids is 1. The minimum atomic E-state index is -0.577. The van der Waals surface area contributed by atoms with Gasteiger partial charge in [0.15, 0.2) is 17.2 Å². The number of amides is 1. The summed E-state index contributed by atoms with van der Waals surface area (Å²) in [5, 5.41) is 23.4. The summed E-state index contributed by atoms with van der Waals surface area (Å²) in [6.45, 7) is 4.47. The topological polar surface area (TPSA) is 132 Å². The van der Waals surface area contributed by atoms with Crippen molar-refractivity contribution >= 4 is 46.5 Å². The van der Waals surface area contributed by atoms with Gasteiger partial charge in [0.2, 0.25) is 5.95 Å². The van der Waals surface area contributed by atoms with E-state index in [0.717, 1.165) is 31.5 Å². The van der Waals surface area contributed by atoms with E-state index in [-0.39, 0.29) is 17.6 Å². The normalized spacial score (nSPS) is 14.6. The van der Waals surface area contributed by atoms with Gasteiger partial charge in [-0.1, -0.05) is 11.6 Å². The fourth-order valence-corrected chi connectivity index (χ4v) is 4.32. The molecule has 2 aromatic heterocycles. The lowest BCUT2D eigenvalue weighted by atomic mass is 9.89. The lowest BCUT2D eigenvalue weighted by Gasteiger charge is -2.30. The number of halogens is 1. The van der Waals surface area contributed by atoms with Crippen LogP contribution < -0.4 is 16.0 Å². The Morgan fingerprint density at radius 1 is 1.35 bits per heavy atom. The molecule has 11 nitrogen and oxygen atoms in total. The van der Waals surface area contributed by atoms with Gasteiger partial charge in [0, 0.05) is 12.2 Å². The van der Waals surface area contributed by atoms with Crippen molar-refractivity contribution in [2.45, 2.75) is 25.7 Å². The number of fused-ring (bicyclic) bond motifs is 1. The van der Waals surface area contributed by atoms with Crippen molar-refractivity contribution in [1.29, 1.82) is 5.26 Å². The van der Waals surface area contributed by atoms with Crippen molar-refractivity contribution < 1.29 is 9.53 Å². The molecule has 3 heterocycles.